The Morgan fingerprint density at radius 3 is 2.57 bits per heavy atom. The van der Waals surface area contributed by atoms with Gasteiger partial charge < -0.3 is 10.5 Å². The molecular formula is C12H15N5O3S. The fourth-order valence-corrected chi connectivity index (χ4v) is 2.80. The van der Waals surface area contributed by atoms with Gasteiger partial charge in [-0.15, -0.1) is 0 Å². The molecule has 4 N–H and O–H groups in total. The zero-order valence-corrected chi connectivity index (χ0v) is 12.1. The van der Waals surface area contributed by atoms with E-state index in [0.717, 1.165) is 0 Å². The monoisotopic (exact) mass is 309 g/mol. The third-order valence-corrected chi connectivity index (χ3v) is 4.01. The van der Waals surface area contributed by atoms with Gasteiger partial charge >= 0.3 is 0 Å². The van der Waals surface area contributed by atoms with Gasteiger partial charge in [0.2, 0.25) is 0 Å². The Hall–Kier alpha value is -2.55. The van der Waals surface area contributed by atoms with Crippen molar-refractivity contribution in [2.75, 3.05) is 11.3 Å². The van der Waals surface area contributed by atoms with Crippen molar-refractivity contribution >= 4 is 21.5 Å². The first kappa shape index (κ1) is 14.9. The van der Waals surface area contributed by atoms with Gasteiger partial charge in [-0.1, -0.05) is 0 Å². The fourth-order valence-electron chi connectivity index (χ4n) is 1.61. The van der Waals surface area contributed by atoms with E-state index in [2.05, 4.69) is 9.82 Å². The molecule has 0 aliphatic rings. The second-order valence-corrected chi connectivity index (χ2v) is 5.87. The summed E-state index contributed by atoms with van der Waals surface area (Å²) in [4.78, 5) is 0. The molecule has 21 heavy (non-hydrogen) atoms. The van der Waals surface area contributed by atoms with Crippen molar-refractivity contribution in [1.82, 2.24) is 9.78 Å². The molecule has 1 aromatic carbocycles. The van der Waals surface area contributed by atoms with E-state index in [1.807, 2.05) is 0 Å². The normalized spacial score (nSPS) is 11.1. The largest absolute Gasteiger partial charge is 0.486 e. The summed E-state index contributed by atoms with van der Waals surface area (Å²) in [5.41, 5.74) is 5.57. The summed E-state index contributed by atoms with van der Waals surface area (Å²) in [5.74, 6) is 0.407. The van der Waals surface area contributed by atoms with Crippen LogP contribution in [0, 0.1) is 5.41 Å². The van der Waals surface area contributed by atoms with E-state index in [4.69, 9.17) is 15.9 Å². The van der Waals surface area contributed by atoms with Crippen LogP contribution < -0.4 is 15.2 Å². The van der Waals surface area contributed by atoms with Gasteiger partial charge in [-0.05, 0) is 30.3 Å². The maximum atomic E-state index is 12.1. The number of ether oxygens (including phenoxy) is 1. The highest BCUT2D eigenvalue weighted by Crippen LogP contribution is 2.19. The lowest BCUT2D eigenvalue weighted by Gasteiger charge is -2.09. The Kier molecular flexibility index (Phi) is 4.13. The average molecular weight is 309 g/mol. The maximum Gasteiger partial charge on any atom is 0.279 e. The van der Waals surface area contributed by atoms with Crippen LogP contribution in [0.4, 0.5) is 5.69 Å². The Morgan fingerprint density at radius 2 is 2.05 bits per heavy atom. The molecule has 0 atom stereocenters. The van der Waals surface area contributed by atoms with Crippen LogP contribution in [0.15, 0.2) is 41.6 Å². The second-order valence-electron chi connectivity index (χ2n) is 4.24. The zero-order chi connectivity index (χ0) is 15.5. The number of aromatic nitrogens is 2. The molecule has 8 nitrogen and oxygen atoms in total. The number of hydrogen-bond donors (Lipinski definition) is 3. The van der Waals surface area contributed by atoms with Gasteiger partial charge in [0.1, 0.15) is 18.2 Å². The molecule has 112 valence electrons. The molecule has 0 spiro atoms. The van der Waals surface area contributed by atoms with Crippen LogP contribution in [0.2, 0.25) is 0 Å². The van der Waals surface area contributed by atoms with E-state index in [1.54, 1.807) is 31.3 Å². The minimum atomic E-state index is -3.68. The van der Waals surface area contributed by atoms with Crippen LogP contribution in [-0.2, 0) is 17.1 Å². The topological polar surface area (TPSA) is 123 Å². The molecule has 0 aliphatic carbocycles. The molecule has 0 radical (unpaired) electrons. The van der Waals surface area contributed by atoms with Gasteiger partial charge in [-0.25, -0.2) is 0 Å². The van der Waals surface area contributed by atoms with E-state index < -0.39 is 10.0 Å². The third kappa shape index (κ3) is 3.72. The molecule has 0 bridgehead atoms. The zero-order valence-electron chi connectivity index (χ0n) is 11.3. The molecule has 0 unspecified atom stereocenters. The minimum Gasteiger partial charge on any atom is -0.486 e. The van der Waals surface area contributed by atoms with Gasteiger partial charge in [0.25, 0.3) is 10.0 Å². The number of anilines is 1. The highest BCUT2D eigenvalue weighted by atomic mass is 32.2. The van der Waals surface area contributed by atoms with Crippen LogP contribution in [0.25, 0.3) is 0 Å². The van der Waals surface area contributed by atoms with Gasteiger partial charge in [0, 0.05) is 12.7 Å². The first-order chi connectivity index (χ1) is 9.88. The van der Waals surface area contributed by atoms with Crippen molar-refractivity contribution < 1.29 is 13.2 Å². The Morgan fingerprint density at radius 1 is 1.38 bits per heavy atom. The lowest BCUT2D eigenvalue weighted by atomic mass is 10.3. The predicted molar refractivity (Wildman–Crippen MR) is 77.9 cm³/mol. The maximum absolute atomic E-state index is 12.1. The molecular weight excluding hydrogens is 294 g/mol. The van der Waals surface area contributed by atoms with Gasteiger partial charge in [-0.2, -0.15) is 13.5 Å². The van der Waals surface area contributed by atoms with Crippen LogP contribution in [0.1, 0.15) is 0 Å². The second kappa shape index (κ2) is 5.83. The standard InChI is InChI=1S/C12H15N5O3S/c1-17-12(6-7-15-17)21(18,19)16-9-2-4-10(5-3-9)20-8-11(13)14/h2-7,16H,8H2,1H3,(H3,13,14). The number of nitrogens with two attached hydrogens (primary N) is 1. The smallest absolute Gasteiger partial charge is 0.279 e. The molecule has 0 aliphatic heterocycles. The summed E-state index contributed by atoms with van der Waals surface area (Å²) < 4.78 is 33.2. The molecule has 2 rings (SSSR count). The van der Waals surface area contributed by atoms with Crippen molar-refractivity contribution in [3.63, 3.8) is 0 Å². The van der Waals surface area contributed by atoms with Crippen molar-refractivity contribution in [3.8, 4) is 5.75 Å². The molecule has 0 saturated carbocycles. The van der Waals surface area contributed by atoms with Crippen LogP contribution >= 0.6 is 0 Å². The number of benzene rings is 1. The summed E-state index contributed by atoms with van der Waals surface area (Å²) in [5, 5.41) is 11.0. The molecule has 9 heteroatoms. The molecule has 0 amide bonds. The Balaban J connectivity index is 2.10. The SMILES string of the molecule is Cn1nccc1S(=O)(=O)Nc1ccc(OCC(=N)N)cc1. The van der Waals surface area contributed by atoms with Crippen molar-refractivity contribution in [2.45, 2.75) is 5.03 Å². The van der Waals surface area contributed by atoms with Crippen molar-refractivity contribution in [1.29, 1.82) is 5.41 Å². The number of amidine groups is 1. The van der Waals surface area contributed by atoms with Crippen LogP contribution in [0.3, 0.4) is 0 Å². The minimum absolute atomic E-state index is 0.0138. The average Bonchev–Trinajstić information content (AvgIpc) is 2.84. The number of aryl methyl sites for hydroxylation is 1. The fraction of sp³-hybridized carbons (Fsp3) is 0.167. The van der Waals surface area contributed by atoms with Crippen molar-refractivity contribution in [3.05, 3.63) is 36.5 Å². The van der Waals surface area contributed by atoms with Crippen LogP contribution in [0.5, 0.6) is 5.75 Å². The third-order valence-electron chi connectivity index (χ3n) is 2.55. The van der Waals surface area contributed by atoms with E-state index in [0.29, 0.717) is 11.4 Å². The molecule has 1 aromatic heterocycles. The lowest BCUT2D eigenvalue weighted by Crippen LogP contribution is -2.19. The first-order valence-electron chi connectivity index (χ1n) is 5.95. The first-order valence-corrected chi connectivity index (χ1v) is 7.43. The van der Waals surface area contributed by atoms with E-state index in [1.165, 1.54) is 16.9 Å². The number of nitrogens with zero attached hydrogens (tertiary/aromatic N) is 2. The summed E-state index contributed by atoms with van der Waals surface area (Å²) in [6.07, 6.45) is 1.41. The summed E-state index contributed by atoms with van der Waals surface area (Å²) in [6, 6.07) is 7.70. The van der Waals surface area contributed by atoms with E-state index in [-0.39, 0.29) is 17.5 Å². The highest BCUT2D eigenvalue weighted by molar-refractivity contribution is 7.92. The Bertz CT molecular complexity index is 737. The number of nitrogens with one attached hydrogen (secondary N) is 2. The molecule has 2 aromatic rings. The number of sulfonamides is 1. The lowest BCUT2D eigenvalue weighted by molar-refractivity contribution is 0.374. The van der Waals surface area contributed by atoms with Gasteiger partial charge in [0.05, 0.1) is 6.20 Å². The number of rotatable bonds is 6. The van der Waals surface area contributed by atoms with Gasteiger partial charge in [-0.3, -0.25) is 14.8 Å². The van der Waals surface area contributed by atoms with Crippen molar-refractivity contribution in [2.24, 2.45) is 12.8 Å². The summed E-state index contributed by atoms with van der Waals surface area (Å²) >= 11 is 0. The Labute approximate surface area is 122 Å². The van der Waals surface area contributed by atoms with E-state index >= 15 is 0 Å². The number of hydrogen-bond acceptors (Lipinski definition) is 5. The molecule has 0 saturated heterocycles. The molecule has 0 fully saturated rings. The predicted octanol–water partition coefficient (Wildman–Crippen LogP) is 0.536. The molecule has 1 heterocycles. The summed E-state index contributed by atoms with van der Waals surface area (Å²) in [7, 11) is -2.13. The quantitative estimate of drug-likeness (QED) is 0.530. The van der Waals surface area contributed by atoms with E-state index in [9.17, 15) is 8.42 Å². The summed E-state index contributed by atoms with van der Waals surface area (Å²) in [6.45, 7) is -0.0138. The van der Waals surface area contributed by atoms with Crippen LogP contribution in [-0.4, -0.2) is 30.6 Å². The highest BCUT2D eigenvalue weighted by Gasteiger charge is 2.17. The van der Waals surface area contributed by atoms with Gasteiger partial charge in [0.15, 0.2) is 5.03 Å².